The van der Waals surface area contributed by atoms with E-state index in [1.54, 1.807) is 6.07 Å². The third-order valence-electron chi connectivity index (χ3n) is 4.28. The quantitative estimate of drug-likeness (QED) is 0.757. The van der Waals surface area contributed by atoms with Gasteiger partial charge in [-0.05, 0) is 18.6 Å². The van der Waals surface area contributed by atoms with E-state index in [1.807, 2.05) is 4.90 Å². The van der Waals surface area contributed by atoms with E-state index in [4.69, 9.17) is 9.88 Å². The van der Waals surface area contributed by atoms with Gasteiger partial charge in [0.2, 0.25) is 0 Å². The summed E-state index contributed by atoms with van der Waals surface area (Å²) in [5, 5.41) is 15.2. The third kappa shape index (κ3) is 3.54. The number of nitrogens with two attached hydrogens (primary N) is 1. The van der Waals surface area contributed by atoms with Gasteiger partial charge in [0.25, 0.3) is 10.2 Å². The molecular weight excluding hydrogens is 362 g/mol. The highest BCUT2D eigenvalue weighted by Crippen LogP contribution is 2.30. The van der Waals surface area contributed by atoms with Gasteiger partial charge in [0.15, 0.2) is 0 Å². The monoisotopic (exact) mass is 381 g/mol. The van der Waals surface area contributed by atoms with Crippen LogP contribution in [-0.2, 0) is 10.2 Å². The van der Waals surface area contributed by atoms with Crippen molar-refractivity contribution in [3.05, 3.63) is 24.0 Å². The van der Waals surface area contributed by atoms with Gasteiger partial charge >= 0.3 is 5.97 Å². The molecule has 140 valence electrons. The normalized spacial score (nSPS) is 16.5. The minimum atomic E-state index is -3.73. The predicted molar refractivity (Wildman–Crippen MR) is 94.6 cm³/mol. The molecule has 0 amide bonds. The lowest BCUT2D eigenvalue weighted by Gasteiger charge is -2.23. The van der Waals surface area contributed by atoms with Gasteiger partial charge < -0.3 is 14.7 Å². The number of methoxy groups -OCH3 is 1. The fraction of sp³-hybridized carbons (Fsp3) is 0.400. The molecule has 2 heterocycles. The summed E-state index contributed by atoms with van der Waals surface area (Å²) in [6.07, 6.45) is 1.95. The van der Waals surface area contributed by atoms with Crippen molar-refractivity contribution < 1.29 is 23.1 Å². The minimum Gasteiger partial charge on any atom is -0.496 e. The number of rotatable bonds is 4. The van der Waals surface area contributed by atoms with Crippen LogP contribution in [0.25, 0.3) is 10.9 Å². The van der Waals surface area contributed by atoms with Gasteiger partial charge in [-0.1, -0.05) is 0 Å². The van der Waals surface area contributed by atoms with Crippen LogP contribution in [0.2, 0.25) is 0 Å². The molecule has 10 nitrogen and oxygen atoms in total. The second-order valence-corrected chi connectivity index (χ2v) is 7.40. The first-order valence-corrected chi connectivity index (χ1v) is 9.40. The number of carbonyl (C=O) groups is 1. The van der Waals surface area contributed by atoms with Crippen LogP contribution in [0, 0.1) is 0 Å². The van der Waals surface area contributed by atoms with Crippen molar-refractivity contribution in [2.24, 2.45) is 5.14 Å². The molecule has 1 aromatic heterocycles. The zero-order valence-corrected chi connectivity index (χ0v) is 14.9. The summed E-state index contributed by atoms with van der Waals surface area (Å²) in [5.74, 6) is -0.300. The van der Waals surface area contributed by atoms with Crippen molar-refractivity contribution in [2.75, 3.05) is 38.2 Å². The van der Waals surface area contributed by atoms with E-state index in [9.17, 15) is 18.3 Å². The molecule has 0 unspecified atom stereocenters. The largest absolute Gasteiger partial charge is 0.496 e. The van der Waals surface area contributed by atoms with Gasteiger partial charge in [0.05, 0.1) is 12.6 Å². The van der Waals surface area contributed by atoms with E-state index < -0.39 is 16.2 Å². The maximum Gasteiger partial charge on any atom is 0.339 e. The number of nitrogens with zero attached hydrogens (tertiary/aromatic N) is 4. The van der Waals surface area contributed by atoms with E-state index in [2.05, 4.69) is 9.97 Å². The number of aromatic nitrogens is 2. The SMILES string of the molecule is COc1cc2c(N3CCCN(S(N)(=O)=O)CC3)ncnc2cc1C(=O)O. The molecule has 2 aromatic rings. The van der Waals surface area contributed by atoms with Crippen LogP contribution in [0.15, 0.2) is 18.5 Å². The lowest BCUT2D eigenvalue weighted by molar-refractivity contribution is 0.0693. The standard InChI is InChI=1S/C15H19N5O5S/c1-25-13-8-10-12(7-11(13)15(21)22)17-9-18-14(10)19-3-2-4-20(6-5-19)26(16,23)24/h7-9H,2-6H2,1H3,(H,21,22)(H2,16,23,24). The zero-order chi connectivity index (χ0) is 18.9. The first-order valence-electron chi connectivity index (χ1n) is 7.90. The molecule has 1 fully saturated rings. The average Bonchev–Trinajstić information content (AvgIpc) is 2.85. The van der Waals surface area contributed by atoms with Crippen LogP contribution in [0.3, 0.4) is 0 Å². The predicted octanol–water partition coefficient (Wildman–Crippen LogP) is 0.0522. The Balaban J connectivity index is 2.01. The number of hydrogen-bond donors (Lipinski definition) is 2. The van der Waals surface area contributed by atoms with Crippen LogP contribution in [-0.4, -0.2) is 67.1 Å². The molecule has 1 aliphatic heterocycles. The third-order valence-corrected chi connectivity index (χ3v) is 5.37. The first kappa shape index (κ1) is 18.3. The molecule has 0 spiro atoms. The summed E-state index contributed by atoms with van der Waals surface area (Å²) in [7, 11) is -2.34. The second kappa shape index (κ2) is 7.02. The smallest absolute Gasteiger partial charge is 0.339 e. The summed E-state index contributed by atoms with van der Waals surface area (Å²) < 4.78 is 29.6. The average molecular weight is 381 g/mol. The molecule has 0 aliphatic carbocycles. The van der Waals surface area contributed by atoms with E-state index in [-0.39, 0.29) is 17.9 Å². The molecule has 11 heteroatoms. The summed E-state index contributed by atoms with van der Waals surface area (Å²) in [5.41, 5.74) is 0.488. The van der Waals surface area contributed by atoms with Crippen LogP contribution >= 0.6 is 0 Å². The second-order valence-electron chi connectivity index (χ2n) is 5.86. The number of carboxylic acid groups (broad SMARTS) is 1. The van der Waals surface area contributed by atoms with Gasteiger partial charge in [-0.25, -0.2) is 19.9 Å². The highest BCUT2D eigenvalue weighted by atomic mass is 32.2. The molecule has 0 atom stereocenters. The van der Waals surface area contributed by atoms with Crippen molar-refractivity contribution in [1.82, 2.24) is 14.3 Å². The van der Waals surface area contributed by atoms with Gasteiger partial charge in [-0.2, -0.15) is 12.7 Å². The van der Waals surface area contributed by atoms with Crippen molar-refractivity contribution in [3.63, 3.8) is 0 Å². The number of hydrogen-bond acceptors (Lipinski definition) is 7. The molecule has 1 aromatic carbocycles. The summed E-state index contributed by atoms with van der Waals surface area (Å²) in [4.78, 5) is 21.8. The van der Waals surface area contributed by atoms with Crippen LogP contribution in [0.4, 0.5) is 5.82 Å². The maximum atomic E-state index is 11.6. The first-order chi connectivity index (χ1) is 12.3. The lowest BCUT2D eigenvalue weighted by Crippen LogP contribution is -2.39. The van der Waals surface area contributed by atoms with Gasteiger partial charge in [-0.15, -0.1) is 0 Å². The highest BCUT2D eigenvalue weighted by molar-refractivity contribution is 7.86. The Morgan fingerprint density at radius 1 is 1.23 bits per heavy atom. The maximum absolute atomic E-state index is 11.6. The number of fused-ring (bicyclic) bond motifs is 1. The van der Waals surface area contributed by atoms with Gasteiger partial charge in [0.1, 0.15) is 23.5 Å². The Morgan fingerprint density at radius 2 is 2.00 bits per heavy atom. The van der Waals surface area contributed by atoms with Gasteiger partial charge in [0, 0.05) is 31.6 Å². The van der Waals surface area contributed by atoms with Crippen LogP contribution in [0.1, 0.15) is 16.8 Å². The highest BCUT2D eigenvalue weighted by Gasteiger charge is 2.24. The fourth-order valence-electron chi connectivity index (χ4n) is 3.02. The Morgan fingerprint density at radius 3 is 2.65 bits per heavy atom. The van der Waals surface area contributed by atoms with E-state index in [0.717, 1.165) is 0 Å². The molecule has 0 radical (unpaired) electrons. The molecule has 26 heavy (non-hydrogen) atoms. The van der Waals surface area contributed by atoms with E-state index in [0.29, 0.717) is 42.8 Å². The number of anilines is 1. The number of ether oxygens (including phenoxy) is 1. The number of carboxylic acids is 1. The zero-order valence-electron chi connectivity index (χ0n) is 14.1. The summed E-state index contributed by atoms with van der Waals surface area (Å²) in [6.45, 7) is 1.58. The molecule has 0 saturated carbocycles. The van der Waals surface area contributed by atoms with Crippen LogP contribution in [0.5, 0.6) is 5.75 Å². The molecule has 1 aliphatic rings. The van der Waals surface area contributed by atoms with Crippen molar-refractivity contribution >= 4 is 32.9 Å². The summed E-state index contributed by atoms with van der Waals surface area (Å²) >= 11 is 0. The molecule has 0 bridgehead atoms. The Hall–Kier alpha value is -2.50. The lowest BCUT2D eigenvalue weighted by atomic mass is 10.1. The molecule has 1 saturated heterocycles. The van der Waals surface area contributed by atoms with Crippen molar-refractivity contribution in [2.45, 2.75) is 6.42 Å². The van der Waals surface area contributed by atoms with Crippen molar-refractivity contribution in [1.29, 1.82) is 0 Å². The molecule has 3 rings (SSSR count). The number of aromatic carboxylic acids is 1. The summed E-state index contributed by atoms with van der Waals surface area (Å²) in [6, 6.07) is 3.03. The number of benzene rings is 1. The Kier molecular flexibility index (Phi) is 4.94. The fourth-order valence-corrected chi connectivity index (χ4v) is 3.74. The van der Waals surface area contributed by atoms with Crippen molar-refractivity contribution in [3.8, 4) is 5.75 Å². The Labute approximate surface area is 150 Å². The topological polar surface area (TPSA) is 139 Å². The minimum absolute atomic E-state index is 0.0147. The van der Waals surface area contributed by atoms with Crippen LogP contribution < -0.4 is 14.8 Å². The van der Waals surface area contributed by atoms with E-state index >= 15 is 0 Å². The van der Waals surface area contributed by atoms with E-state index in [1.165, 1.54) is 23.8 Å². The Bertz CT molecular complexity index is 949. The molecular formula is C15H19N5O5S. The van der Waals surface area contributed by atoms with Gasteiger partial charge in [-0.3, -0.25) is 0 Å². The molecule has 3 N–H and O–H groups in total.